The Hall–Kier alpha value is -3.03. The van der Waals surface area contributed by atoms with Crippen LogP contribution in [0.1, 0.15) is 28.2 Å². The lowest BCUT2D eigenvalue weighted by Crippen LogP contribution is -2.47. The molecular formula is C32H38Cl3N5O. The van der Waals surface area contributed by atoms with Crippen molar-refractivity contribution in [1.82, 2.24) is 19.4 Å². The van der Waals surface area contributed by atoms with E-state index in [1.807, 2.05) is 91.7 Å². The number of amides is 1. The Morgan fingerprint density at radius 3 is 2.17 bits per heavy atom. The highest BCUT2D eigenvalue weighted by molar-refractivity contribution is 6.31. The van der Waals surface area contributed by atoms with Gasteiger partial charge in [-0.05, 0) is 56.6 Å². The first-order valence-electron chi connectivity index (χ1n) is 13.6. The summed E-state index contributed by atoms with van der Waals surface area (Å²) in [5.41, 5.74) is 5.71. The van der Waals surface area contributed by atoms with Gasteiger partial charge in [-0.1, -0.05) is 66.2 Å². The lowest BCUT2D eigenvalue weighted by molar-refractivity contribution is 0.0782. The maximum absolute atomic E-state index is 13.6. The summed E-state index contributed by atoms with van der Waals surface area (Å²) < 4.78 is 2.08. The minimum absolute atomic E-state index is 0. The molecule has 1 aliphatic heterocycles. The number of carbonyl (C=O) groups is 1. The van der Waals surface area contributed by atoms with Crippen molar-refractivity contribution in [2.24, 2.45) is 0 Å². The largest absolute Gasteiger partial charge is 0.369 e. The van der Waals surface area contributed by atoms with Gasteiger partial charge in [-0.25, -0.2) is 4.98 Å². The minimum atomic E-state index is -0.0411. The molecule has 2 heterocycles. The number of piperazine rings is 1. The van der Waals surface area contributed by atoms with Crippen molar-refractivity contribution in [2.75, 3.05) is 51.2 Å². The number of nitrogens with zero attached hydrogens (tertiary/aromatic N) is 5. The van der Waals surface area contributed by atoms with E-state index in [0.29, 0.717) is 12.2 Å². The van der Waals surface area contributed by atoms with Gasteiger partial charge in [0.2, 0.25) is 0 Å². The highest BCUT2D eigenvalue weighted by Gasteiger charge is 2.24. The molecular weight excluding hydrogens is 577 g/mol. The summed E-state index contributed by atoms with van der Waals surface area (Å²) in [7, 11) is 1.88. The van der Waals surface area contributed by atoms with Crippen LogP contribution in [0, 0.1) is 13.8 Å². The second kappa shape index (κ2) is 14.7. The van der Waals surface area contributed by atoms with Crippen LogP contribution in [0.15, 0.2) is 78.9 Å². The summed E-state index contributed by atoms with van der Waals surface area (Å²) in [4.78, 5) is 25.1. The van der Waals surface area contributed by atoms with Crippen LogP contribution in [-0.2, 0) is 0 Å². The molecule has 0 radical (unpaired) electrons. The number of aromatic nitrogens is 2. The third-order valence-corrected chi connectivity index (χ3v) is 8.03. The molecule has 0 spiro atoms. The molecule has 1 saturated heterocycles. The van der Waals surface area contributed by atoms with Gasteiger partial charge in [0.05, 0.1) is 5.69 Å². The van der Waals surface area contributed by atoms with E-state index >= 15 is 0 Å². The molecule has 0 unspecified atom stereocenters. The molecule has 0 bridgehead atoms. The van der Waals surface area contributed by atoms with Crippen LogP contribution in [-0.4, -0.2) is 71.6 Å². The number of hydrogen-bond donors (Lipinski definition) is 0. The summed E-state index contributed by atoms with van der Waals surface area (Å²) in [6.45, 7) is 9.69. The van der Waals surface area contributed by atoms with Gasteiger partial charge in [-0.15, -0.1) is 24.8 Å². The van der Waals surface area contributed by atoms with Crippen molar-refractivity contribution >= 4 is 48.0 Å². The lowest BCUT2D eigenvalue weighted by atomic mass is 10.1. The summed E-state index contributed by atoms with van der Waals surface area (Å²) in [6, 6.07) is 26.3. The zero-order chi connectivity index (χ0) is 27.4. The van der Waals surface area contributed by atoms with E-state index < -0.39 is 0 Å². The molecule has 1 fully saturated rings. The van der Waals surface area contributed by atoms with Crippen LogP contribution in [0.25, 0.3) is 17.1 Å². The van der Waals surface area contributed by atoms with E-state index in [4.69, 9.17) is 16.6 Å². The molecule has 1 aromatic heterocycles. The fraction of sp³-hybridized carbons (Fsp3) is 0.312. The number of carbonyl (C=O) groups excluding carboxylic acids is 1. The van der Waals surface area contributed by atoms with Gasteiger partial charge < -0.3 is 9.80 Å². The van der Waals surface area contributed by atoms with E-state index in [1.165, 1.54) is 5.69 Å². The van der Waals surface area contributed by atoms with E-state index in [-0.39, 0.29) is 30.7 Å². The molecule has 0 saturated carbocycles. The zero-order valence-corrected chi connectivity index (χ0v) is 26.2. The Labute approximate surface area is 260 Å². The van der Waals surface area contributed by atoms with E-state index in [0.717, 1.165) is 72.5 Å². The van der Waals surface area contributed by atoms with Gasteiger partial charge in [0.15, 0.2) is 0 Å². The molecule has 3 aromatic carbocycles. The molecule has 1 amide bonds. The monoisotopic (exact) mass is 613 g/mol. The number of para-hydroxylation sites is 1. The smallest absolute Gasteiger partial charge is 0.274 e. The van der Waals surface area contributed by atoms with Crippen molar-refractivity contribution in [2.45, 2.75) is 20.3 Å². The molecule has 4 aromatic rings. The number of imidazole rings is 1. The van der Waals surface area contributed by atoms with E-state index in [9.17, 15) is 4.79 Å². The molecule has 41 heavy (non-hydrogen) atoms. The Morgan fingerprint density at radius 1 is 0.878 bits per heavy atom. The van der Waals surface area contributed by atoms with Gasteiger partial charge in [0.25, 0.3) is 5.91 Å². The van der Waals surface area contributed by atoms with E-state index in [1.54, 1.807) is 0 Å². The van der Waals surface area contributed by atoms with Gasteiger partial charge >= 0.3 is 0 Å². The second-order valence-electron chi connectivity index (χ2n) is 10.2. The number of anilines is 1. The Morgan fingerprint density at radius 2 is 1.51 bits per heavy atom. The van der Waals surface area contributed by atoms with Gasteiger partial charge in [-0.3, -0.25) is 14.3 Å². The number of rotatable bonds is 8. The Balaban J connectivity index is 0.00000231. The third kappa shape index (κ3) is 7.25. The number of hydrogen-bond acceptors (Lipinski definition) is 4. The number of benzene rings is 3. The van der Waals surface area contributed by atoms with Crippen LogP contribution in [0.5, 0.6) is 0 Å². The van der Waals surface area contributed by atoms with Crippen LogP contribution in [0.3, 0.4) is 0 Å². The molecule has 0 atom stereocenters. The maximum Gasteiger partial charge on any atom is 0.274 e. The summed E-state index contributed by atoms with van der Waals surface area (Å²) >= 11 is 6.34. The van der Waals surface area contributed by atoms with Crippen molar-refractivity contribution in [3.8, 4) is 17.1 Å². The summed E-state index contributed by atoms with van der Waals surface area (Å²) in [5, 5.41) is 0.822. The normalized spacial score (nSPS) is 13.3. The molecule has 0 aliphatic carbocycles. The third-order valence-electron chi connectivity index (χ3n) is 7.62. The number of halogens is 3. The van der Waals surface area contributed by atoms with Crippen LogP contribution in [0.4, 0.5) is 5.69 Å². The predicted octanol–water partition coefficient (Wildman–Crippen LogP) is 6.94. The standard InChI is InChI=1S/C32H36ClN5O.2ClH/c1-24-28(33)16-10-17-29(24)37-22-20-36(21-23-37)19-11-18-35(3)32(39)30-25(2)38(27-14-8-5-9-15-27)31(34-30)26-12-6-4-7-13-26;;/h4-10,12-17H,11,18-23H2,1-3H3;2*1H. The topological polar surface area (TPSA) is 44.6 Å². The fourth-order valence-electron chi connectivity index (χ4n) is 5.34. The fourth-order valence-corrected chi connectivity index (χ4v) is 5.51. The van der Waals surface area contributed by atoms with E-state index in [2.05, 4.69) is 27.4 Å². The highest BCUT2D eigenvalue weighted by atomic mass is 35.5. The molecule has 0 N–H and O–H groups in total. The highest BCUT2D eigenvalue weighted by Crippen LogP contribution is 2.28. The molecule has 1 aliphatic rings. The van der Waals surface area contributed by atoms with Gasteiger partial charge in [0, 0.05) is 61.7 Å². The summed E-state index contributed by atoms with van der Waals surface area (Å²) in [6.07, 6.45) is 0.919. The van der Waals surface area contributed by atoms with Gasteiger partial charge in [0.1, 0.15) is 11.5 Å². The zero-order valence-electron chi connectivity index (χ0n) is 23.8. The average molecular weight is 615 g/mol. The first-order valence-corrected chi connectivity index (χ1v) is 14.0. The quantitative estimate of drug-likeness (QED) is 0.216. The van der Waals surface area contributed by atoms with Crippen molar-refractivity contribution in [3.63, 3.8) is 0 Å². The molecule has 5 rings (SSSR count). The van der Waals surface area contributed by atoms with Crippen LogP contribution >= 0.6 is 36.4 Å². The van der Waals surface area contributed by atoms with Crippen molar-refractivity contribution in [1.29, 1.82) is 0 Å². The SMILES string of the molecule is Cc1c(Cl)cccc1N1CCN(CCCN(C)C(=O)c2nc(-c3ccccc3)n(-c3ccccc3)c2C)CC1.Cl.Cl. The second-order valence-corrected chi connectivity index (χ2v) is 10.6. The predicted molar refractivity (Wildman–Crippen MR) is 175 cm³/mol. The van der Waals surface area contributed by atoms with Crippen molar-refractivity contribution < 1.29 is 4.79 Å². The lowest BCUT2D eigenvalue weighted by Gasteiger charge is -2.37. The maximum atomic E-state index is 13.6. The van der Waals surface area contributed by atoms with Crippen LogP contribution < -0.4 is 4.90 Å². The Kier molecular flexibility index (Phi) is 11.7. The summed E-state index contributed by atoms with van der Waals surface area (Å²) in [5.74, 6) is 0.740. The van der Waals surface area contributed by atoms with Crippen molar-refractivity contribution in [3.05, 3.63) is 101 Å². The molecule has 6 nitrogen and oxygen atoms in total. The molecule has 218 valence electrons. The first-order chi connectivity index (χ1) is 18.9. The first kappa shape index (κ1) is 32.5. The van der Waals surface area contributed by atoms with Crippen LogP contribution in [0.2, 0.25) is 5.02 Å². The minimum Gasteiger partial charge on any atom is -0.369 e. The Bertz CT molecular complexity index is 1420. The average Bonchev–Trinajstić information content (AvgIpc) is 3.32. The van der Waals surface area contributed by atoms with Gasteiger partial charge in [-0.2, -0.15) is 0 Å². The molecule has 9 heteroatoms.